The summed E-state index contributed by atoms with van der Waals surface area (Å²) >= 11 is 4.05. The number of hydrogen-bond acceptors (Lipinski definition) is 25. The first-order chi connectivity index (χ1) is 66.6. The van der Waals surface area contributed by atoms with Gasteiger partial charge in [-0.15, -0.1) is 0 Å². The van der Waals surface area contributed by atoms with Crippen LogP contribution in [-0.2, 0) is 87.1 Å². The lowest BCUT2D eigenvalue weighted by molar-refractivity contribution is -0.182. The molecule has 0 saturated heterocycles. The fourth-order valence-corrected chi connectivity index (χ4v) is 19.1. The Morgan fingerprint density at radius 2 is 0.667 bits per heavy atom. The van der Waals surface area contributed by atoms with Crippen LogP contribution in [0, 0.1) is 35.5 Å². The molecule has 8 unspecified atom stereocenters. The molecular formula is C109H106O28S. The van der Waals surface area contributed by atoms with Gasteiger partial charge in [0.05, 0.1) is 87.6 Å². The first-order valence-corrected chi connectivity index (χ1v) is 46.0. The average molecular weight is 1900 g/mol. The maximum Gasteiger partial charge on any atom is 0.339 e. The third-order valence-corrected chi connectivity index (χ3v) is 26.6. The van der Waals surface area contributed by atoms with E-state index in [-0.39, 0.29) is 83.5 Å². The van der Waals surface area contributed by atoms with Crippen LogP contribution < -0.4 is 18.9 Å². The van der Waals surface area contributed by atoms with Crippen molar-refractivity contribution in [3.63, 3.8) is 0 Å². The van der Waals surface area contributed by atoms with Crippen LogP contribution in [0.15, 0.2) is 269 Å². The summed E-state index contributed by atoms with van der Waals surface area (Å²) in [6, 6.07) is 62.4. The first kappa shape index (κ1) is 100. The van der Waals surface area contributed by atoms with Gasteiger partial charge >= 0.3 is 71.6 Å². The maximum atomic E-state index is 15.2. The maximum absolute atomic E-state index is 15.2. The van der Waals surface area contributed by atoms with Gasteiger partial charge in [0.2, 0.25) is 0 Å². The summed E-state index contributed by atoms with van der Waals surface area (Å²) in [5.74, 6) is -18.1. The molecule has 0 bridgehead atoms. The molecule has 29 heteroatoms. The van der Waals surface area contributed by atoms with E-state index in [4.69, 9.17) is 56.8 Å². The molecule has 8 atom stereocenters. The Bertz CT molecular complexity index is 6030. The predicted molar refractivity (Wildman–Crippen MR) is 508 cm³/mol. The number of aromatic carboxylic acids is 2. The van der Waals surface area contributed by atoms with Crippen molar-refractivity contribution < 1.29 is 135 Å². The quantitative estimate of drug-likeness (QED) is 0.00777. The van der Waals surface area contributed by atoms with Crippen molar-refractivity contribution in [1.82, 2.24) is 0 Å². The molecule has 0 saturated carbocycles. The number of rotatable bonds is 46. The van der Waals surface area contributed by atoms with Crippen LogP contribution in [0.1, 0.15) is 165 Å². The third-order valence-electron chi connectivity index (χ3n) is 26.4. The molecule has 4 aliphatic rings. The van der Waals surface area contributed by atoms with Crippen molar-refractivity contribution in [2.75, 3.05) is 58.6 Å². The normalized spacial score (nSPS) is 16.5. The number of esters is 8. The smallest absolute Gasteiger partial charge is 0.339 e. The number of ether oxygens (including phenoxy) is 12. The number of hydrogen-bond donors (Lipinski definition) is 5. The number of fused-ring (bicyclic) bond motifs is 6. The molecular weight excluding hydrogens is 1790 g/mol. The van der Waals surface area contributed by atoms with Crippen molar-refractivity contribution in [3.05, 3.63) is 335 Å². The number of benzene rings is 9. The lowest BCUT2D eigenvalue weighted by Crippen LogP contribution is -2.48. The van der Waals surface area contributed by atoms with Gasteiger partial charge in [0.25, 0.3) is 0 Å². The first-order valence-electron chi connectivity index (χ1n) is 45.3. The second-order valence-electron chi connectivity index (χ2n) is 33.7. The Labute approximate surface area is 802 Å². The van der Waals surface area contributed by atoms with E-state index in [1.807, 2.05) is 159 Å². The Kier molecular flexibility index (Phi) is 32.7. The molecule has 0 heterocycles. The summed E-state index contributed by atoms with van der Waals surface area (Å²) in [7, 11) is 0. The minimum atomic E-state index is -1.80. The van der Waals surface area contributed by atoms with Crippen LogP contribution in [0.5, 0.6) is 23.0 Å². The van der Waals surface area contributed by atoms with Gasteiger partial charge in [0.1, 0.15) is 73.8 Å². The number of carboxylic acid groups (broad SMARTS) is 4. The molecule has 4 N–H and O–H groups in total. The molecule has 0 aliphatic heterocycles. The zero-order chi connectivity index (χ0) is 98.6. The van der Waals surface area contributed by atoms with Crippen LogP contribution in [-0.4, -0.2) is 174 Å². The fraction of sp³-hybridized carbons (Fsp3) is 0.303. The van der Waals surface area contributed by atoms with Crippen LogP contribution >= 0.6 is 12.6 Å². The van der Waals surface area contributed by atoms with Gasteiger partial charge in [-0.1, -0.05) is 217 Å². The lowest BCUT2D eigenvalue weighted by atomic mass is 9.68. The van der Waals surface area contributed by atoms with Crippen molar-refractivity contribution in [2.24, 2.45) is 35.5 Å². The predicted octanol–water partition coefficient (Wildman–Crippen LogP) is 17.2. The minimum absolute atomic E-state index is 0.0229. The summed E-state index contributed by atoms with van der Waals surface area (Å²) in [5, 5.41) is 41.5. The van der Waals surface area contributed by atoms with Gasteiger partial charge in [-0.3, -0.25) is 24.0 Å². The summed E-state index contributed by atoms with van der Waals surface area (Å²) in [4.78, 5) is 159. The Morgan fingerprint density at radius 1 is 0.362 bits per heavy atom. The number of aliphatic carboxylic acids is 2. The summed E-state index contributed by atoms with van der Waals surface area (Å²) in [6.45, 7) is 14.5. The topological polar surface area (TPSA) is 397 Å². The highest BCUT2D eigenvalue weighted by molar-refractivity contribution is 7.81. The van der Waals surface area contributed by atoms with E-state index < -0.39 is 196 Å². The van der Waals surface area contributed by atoms with E-state index in [1.54, 1.807) is 86.7 Å². The minimum Gasteiger partial charge on any atom is -0.493 e. The average Bonchev–Trinajstić information content (AvgIpc) is 1.54. The van der Waals surface area contributed by atoms with Crippen molar-refractivity contribution in [2.45, 2.75) is 113 Å². The van der Waals surface area contributed by atoms with E-state index in [2.05, 4.69) is 32.4 Å². The molecule has 13 rings (SSSR count). The fourth-order valence-electron chi connectivity index (χ4n) is 19.0. The molecule has 28 nitrogen and oxygen atoms in total. The lowest BCUT2D eigenvalue weighted by Gasteiger charge is -2.40. The molecule has 0 radical (unpaired) electrons. The van der Waals surface area contributed by atoms with Crippen LogP contribution in [0.4, 0.5) is 0 Å². The van der Waals surface area contributed by atoms with Crippen LogP contribution in [0.3, 0.4) is 0 Å². The van der Waals surface area contributed by atoms with E-state index in [0.717, 1.165) is 91.1 Å². The van der Waals surface area contributed by atoms with E-state index >= 15 is 4.79 Å². The number of carbonyl (C=O) groups excluding carboxylic acids is 8. The molecule has 0 fully saturated rings. The van der Waals surface area contributed by atoms with Crippen molar-refractivity contribution >= 4 is 84.3 Å². The molecule has 4 aliphatic carbocycles. The van der Waals surface area contributed by atoms with E-state index in [1.165, 1.54) is 0 Å². The van der Waals surface area contributed by atoms with Gasteiger partial charge in [-0.2, -0.15) is 12.6 Å². The van der Waals surface area contributed by atoms with Crippen LogP contribution in [0.2, 0.25) is 0 Å². The van der Waals surface area contributed by atoms with Gasteiger partial charge in [-0.05, 0) is 179 Å². The molecule has 9 aromatic rings. The molecule has 0 aromatic heterocycles. The SMILES string of the molecule is C=CC(=O)OCC(COc1ccc(C2(c3ccc(OCC(COC(=O)C=C)C(CC)(CC)OC(=O)c4cc(C(=O)OC(COC(=O)CS)COc5ccc(C6(c7ccc(OCC(COC(=O)C=C)C(CC)(CC)OC(=O)C8CC=CCC8C(=O)O)cc7)c7ccccc7-c7ccccc76)cc5)c(C(=O)O)cc4C(=O)O)cc3)c3ccccc3-c3ccccc32)cc1)OC(=O)C1CC=CCC1C(=O)O. The van der Waals surface area contributed by atoms with Crippen molar-refractivity contribution in [1.29, 1.82) is 0 Å². The molecule has 9 aromatic carbocycles. The highest BCUT2D eigenvalue weighted by Crippen LogP contribution is 2.59. The molecule has 0 amide bonds. The Morgan fingerprint density at radius 3 is 1.01 bits per heavy atom. The zero-order valence-corrected chi connectivity index (χ0v) is 77.4. The van der Waals surface area contributed by atoms with Crippen molar-refractivity contribution in [3.8, 4) is 45.3 Å². The second kappa shape index (κ2) is 45.0. The highest BCUT2D eigenvalue weighted by atomic mass is 32.1. The highest BCUT2D eigenvalue weighted by Gasteiger charge is 2.51. The monoisotopic (exact) mass is 1890 g/mol. The molecule has 0 spiro atoms. The van der Waals surface area contributed by atoms with Crippen LogP contribution in [0.25, 0.3) is 22.3 Å². The summed E-state index contributed by atoms with van der Waals surface area (Å²) in [6.07, 6.45) is 8.28. The third kappa shape index (κ3) is 21.4. The number of carboxylic acids is 4. The largest absolute Gasteiger partial charge is 0.493 e. The molecule has 716 valence electrons. The number of carbonyl (C=O) groups is 12. The number of thiol groups is 1. The van der Waals surface area contributed by atoms with Gasteiger partial charge in [0.15, 0.2) is 12.2 Å². The van der Waals surface area contributed by atoms with Gasteiger partial charge in [0, 0.05) is 18.2 Å². The Hall–Kier alpha value is -15.1. The van der Waals surface area contributed by atoms with Gasteiger partial charge in [-0.25, -0.2) is 33.6 Å². The standard InChI is InChI=1S/C109H106O28S/c1-8-94(110)130-59-70(106(11-4,12-5)136-104(124)85-34-18-16-32-83(85)99(116)117)57-126-72-47-39-66(40-48-72)109(92-37-25-21-29-80(92)81-30-22-26-38-93(81)109)69-45-53-75(54-46-69)129-62-77(64-133-97(113)65-138)135-103(123)88-56-89(87(101(120)121)55-86(88)100(118)119)105(125)137-107(13-6,14-7)71(60-131-95(111)9-2)58-127-73-49-41-67(42-50-73)108(90-35-23-19-27-78(90)79-28-20-24-36-91(79)108)68-43-51-74(52-44-68)128-61-76(63-132-96(112)10-3)134-102(122)84-33-17-15-31-82(84)98(114)115/h8-10,15-30,35-56,70-71,76-77,82-85,138H,1-3,11-14,31-34,57-65H2,4-7H3,(H,114,115)(H,116,117)(H,118,119)(H,120,121). The zero-order valence-electron chi connectivity index (χ0n) is 76.5. The number of allylic oxidation sites excluding steroid dienone is 4. The summed E-state index contributed by atoms with van der Waals surface area (Å²) < 4.78 is 72.2. The van der Waals surface area contributed by atoms with E-state index in [0.29, 0.717) is 23.3 Å². The molecule has 138 heavy (non-hydrogen) atoms. The van der Waals surface area contributed by atoms with Gasteiger partial charge < -0.3 is 77.3 Å². The summed E-state index contributed by atoms with van der Waals surface area (Å²) in [5.41, 5.74) is 2.42. The Balaban J connectivity index is 0.740. The van der Waals surface area contributed by atoms with E-state index in [9.17, 15) is 73.2 Å². The second-order valence-corrected chi connectivity index (χ2v) is 34.1.